The van der Waals surface area contributed by atoms with Crippen molar-refractivity contribution in [2.75, 3.05) is 17.7 Å². The molecule has 1 aromatic carbocycles. The number of hydrogen-bond donors (Lipinski definition) is 2. The van der Waals surface area contributed by atoms with Crippen LogP contribution in [0.5, 0.6) is 5.75 Å². The first-order valence-corrected chi connectivity index (χ1v) is 6.88. The fraction of sp³-hybridized carbons (Fsp3) is 0.118. The Morgan fingerprint density at radius 2 is 2.00 bits per heavy atom. The van der Waals surface area contributed by atoms with Gasteiger partial charge in [-0.05, 0) is 43.3 Å². The summed E-state index contributed by atoms with van der Waals surface area (Å²) in [5.41, 5.74) is 1.36. The monoisotopic (exact) mass is 308 g/mol. The summed E-state index contributed by atoms with van der Waals surface area (Å²) in [6, 6.07) is 14.1. The van der Waals surface area contributed by atoms with Crippen molar-refractivity contribution in [2.24, 2.45) is 0 Å². The van der Waals surface area contributed by atoms with E-state index in [1.165, 1.54) is 6.20 Å². The Morgan fingerprint density at radius 3 is 2.61 bits per heavy atom. The van der Waals surface area contributed by atoms with E-state index in [9.17, 15) is 4.79 Å². The van der Waals surface area contributed by atoms with E-state index in [2.05, 4.69) is 15.6 Å². The molecule has 0 fully saturated rings. The van der Waals surface area contributed by atoms with Gasteiger partial charge in [0.2, 0.25) is 0 Å². The molecule has 0 radical (unpaired) electrons. The van der Waals surface area contributed by atoms with E-state index in [0.717, 1.165) is 5.69 Å². The minimum atomic E-state index is -0.502. The van der Waals surface area contributed by atoms with Crippen LogP contribution in [0.4, 0.5) is 11.5 Å². The Bertz CT molecular complexity index is 761. The number of amides is 1. The normalized spacial score (nSPS) is 10.6. The molecule has 0 saturated heterocycles. The van der Waals surface area contributed by atoms with Gasteiger partial charge >= 0.3 is 0 Å². The quantitative estimate of drug-likeness (QED) is 0.655. The van der Waals surface area contributed by atoms with Crippen LogP contribution in [0.15, 0.2) is 54.2 Å². The molecule has 0 atom stereocenters. The molecule has 0 spiro atoms. The molecule has 116 valence electrons. The average molecular weight is 308 g/mol. The molecule has 2 aromatic rings. The molecular weight excluding hydrogens is 292 g/mol. The Kier molecular flexibility index (Phi) is 5.31. The minimum Gasteiger partial charge on any atom is -0.497 e. The summed E-state index contributed by atoms with van der Waals surface area (Å²) in [5, 5.41) is 14.6. The van der Waals surface area contributed by atoms with Crippen molar-refractivity contribution in [3.63, 3.8) is 0 Å². The van der Waals surface area contributed by atoms with E-state index in [0.29, 0.717) is 17.3 Å². The summed E-state index contributed by atoms with van der Waals surface area (Å²) in [6.45, 7) is 1.86. The summed E-state index contributed by atoms with van der Waals surface area (Å²) in [5.74, 6) is 0.749. The van der Waals surface area contributed by atoms with E-state index in [-0.39, 0.29) is 5.57 Å². The van der Waals surface area contributed by atoms with Crippen LogP contribution in [0, 0.1) is 18.3 Å². The zero-order valence-electron chi connectivity index (χ0n) is 12.8. The molecule has 0 aliphatic carbocycles. The van der Waals surface area contributed by atoms with Crippen molar-refractivity contribution in [2.45, 2.75) is 6.92 Å². The third kappa shape index (κ3) is 4.58. The Hall–Kier alpha value is -3.33. The number of aromatic nitrogens is 1. The molecule has 23 heavy (non-hydrogen) atoms. The van der Waals surface area contributed by atoms with Crippen LogP contribution in [-0.2, 0) is 4.79 Å². The van der Waals surface area contributed by atoms with Gasteiger partial charge in [0, 0.05) is 17.6 Å². The highest BCUT2D eigenvalue weighted by molar-refractivity contribution is 6.06. The molecule has 6 heteroatoms. The largest absolute Gasteiger partial charge is 0.497 e. The number of anilines is 2. The Labute approximate surface area is 134 Å². The van der Waals surface area contributed by atoms with Crippen molar-refractivity contribution < 1.29 is 9.53 Å². The van der Waals surface area contributed by atoms with E-state index >= 15 is 0 Å². The number of carbonyl (C=O) groups excluding carboxylic acids is 1. The maximum absolute atomic E-state index is 12.1. The van der Waals surface area contributed by atoms with Crippen molar-refractivity contribution >= 4 is 17.4 Å². The number of nitrogens with one attached hydrogen (secondary N) is 2. The number of pyridine rings is 1. The Morgan fingerprint density at radius 1 is 1.26 bits per heavy atom. The van der Waals surface area contributed by atoms with E-state index in [1.54, 1.807) is 37.4 Å². The molecule has 0 bridgehead atoms. The lowest BCUT2D eigenvalue weighted by Gasteiger charge is -2.06. The molecule has 0 aliphatic rings. The van der Waals surface area contributed by atoms with Crippen LogP contribution < -0.4 is 15.4 Å². The SMILES string of the molecule is COc1ccc(NC(=O)/C(C#N)=C\Nc2cccc(C)n2)cc1. The van der Waals surface area contributed by atoms with Gasteiger partial charge in [-0.1, -0.05) is 6.07 Å². The van der Waals surface area contributed by atoms with Gasteiger partial charge in [-0.3, -0.25) is 4.79 Å². The van der Waals surface area contributed by atoms with Crippen LogP contribution in [0.3, 0.4) is 0 Å². The number of aryl methyl sites for hydroxylation is 1. The van der Waals surface area contributed by atoms with Crippen molar-refractivity contribution in [3.8, 4) is 11.8 Å². The fourth-order valence-corrected chi connectivity index (χ4v) is 1.79. The van der Waals surface area contributed by atoms with E-state index in [4.69, 9.17) is 10.00 Å². The minimum absolute atomic E-state index is 0.0517. The summed E-state index contributed by atoms with van der Waals surface area (Å²) < 4.78 is 5.05. The first-order valence-electron chi connectivity index (χ1n) is 6.88. The summed E-state index contributed by atoms with van der Waals surface area (Å²) in [7, 11) is 1.56. The van der Waals surface area contributed by atoms with Crippen LogP contribution in [0.25, 0.3) is 0 Å². The highest BCUT2D eigenvalue weighted by Gasteiger charge is 2.09. The lowest BCUT2D eigenvalue weighted by molar-refractivity contribution is -0.112. The molecule has 6 nitrogen and oxygen atoms in total. The predicted molar refractivity (Wildman–Crippen MR) is 87.9 cm³/mol. The predicted octanol–water partition coefficient (Wildman–Crippen LogP) is 2.86. The molecule has 2 rings (SSSR count). The van der Waals surface area contributed by atoms with E-state index in [1.807, 2.05) is 25.1 Å². The summed E-state index contributed by atoms with van der Waals surface area (Å²) >= 11 is 0. The number of rotatable bonds is 5. The van der Waals surface area contributed by atoms with Crippen LogP contribution in [-0.4, -0.2) is 18.0 Å². The molecular formula is C17H16N4O2. The lowest BCUT2D eigenvalue weighted by atomic mass is 10.2. The van der Waals surface area contributed by atoms with Crippen LogP contribution in [0.1, 0.15) is 5.69 Å². The molecule has 0 unspecified atom stereocenters. The van der Waals surface area contributed by atoms with Gasteiger partial charge in [-0.25, -0.2) is 4.98 Å². The number of methoxy groups -OCH3 is 1. The first kappa shape index (κ1) is 16.0. The summed E-state index contributed by atoms with van der Waals surface area (Å²) in [6.07, 6.45) is 1.33. The van der Waals surface area contributed by atoms with Gasteiger partial charge in [0.05, 0.1) is 7.11 Å². The zero-order valence-corrected chi connectivity index (χ0v) is 12.8. The third-order valence-electron chi connectivity index (χ3n) is 2.97. The number of nitrogens with zero attached hydrogens (tertiary/aromatic N) is 2. The number of nitriles is 1. The highest BCUT2D eigenvalue weighted by atomic mass is 16.5. The first-order chi connectivity index (χ1) is 11.1. The molecule has 1 heterocycles. The average Bonchev–Trinajstić information content (AvgIpc) is 2.56. The van der Waals surface area contributed by atoms with Gasteiger partial charge in [-0.15, -0.1) is 0 Å². The fourth-order valence-electron chi connectivity index (χ4n) is 1.79. The molecule has 2 N–H and O–H groups in total. The Balaban J connectivity index is 2.05. The third-order valence-corrected chi connectivity index (χ3v) is 2.97. The van der Waals surface area contributed by atoms with Crippen molar-refractivity contribution in [3.05, 3.63) is 59.9 Å². The number of benzene rings is 1. The van der Waals surface area contributed by atoms with Gasteiger partial charge in [0.1, 0.15) is 23.2 Å². The van der Waals surface area contributed by atoms with Crippen molar-refractivity contribution in [1.82, 2.24) is 4.98 Å². The van der Waals surface area contributed by atoms with Crippen LogP contribution >= 0.6 is 0 Å². The standard InChI is InChI=1S/C17H16N4O2/c1-12-4-3-5-16(20-12)19-11-13(10-18)17(22)21-14-6-8-15(23-2)9-7-14/h3-9,11H,1-2H3,(H,19,20)(H,21,22)/b13-11-. The van der Waals surface area contributed by atoms with Gasteiger partial charge in [0.25, 0.3) is 5.91 Å². The zero-order chi connectivity index (χ0) is 16.7. The molecule has 0 aliphatic heterocycles. The second kappa shape index (κ2) is 7.61. The molecule has 0 saturated carbocycles. The molecule has 1 aromatic heterocycles. The number of hydrogen-bond acceptors (Lipinski definition) is 5. The highest BCUT2D eigenvalue weighted by Crippen LogP contribution is 2.15. The van der Waals surface area contributed by atoms with Gasteiger partial charge < -0.3 is 15.4 Å². The summed E-state index contributed by atoms with van der Waals surface area (Å²) in [4.78, 5) is 16.3. The van der Waals surface area contributed by atoms with Crippen LogP contribution in [0.2, 0.25) is 0 Å². The number of carbonyl (C=O) groups is 1. The maximum atomic E-state index is 12.1. The smallest absolute Gasteiger partial charge is 0.267 e. The lowest BCUT2D eigenvalue weighted by Crippen LogP contribution is -2.14. The van der Waals surface area contributed by atoms with Crippen molar-refractivity contribution in [1.29, 1.82) is 5.26 Å². The topological polar surface area (TPSA) is 87.0 Å². The van der Waals surface area contributed by atoms with Gasteiger partial charge in [-0.2, -0.15) is 5.26 Å². The van der Waals surface area contributed by atoms with Gasteiger partial charge in [0.15, 0.2) is 0 Å². The van der Waals surface area contributed by atoms with E-state index < -0.39 is 5.91 Å². The number of ether oxygens (including phenoxy) is 1. The second-order valence-corrected chi connectivity index (χ2v) is 4.66. The second-order valence-electron chi connectivity index (χ2n) is 4.66. The molecule has 1 amide bonds. The maximum Gasteiger partial charge on any atom is 0.267 e.